The van der Waals surface area contributed by atoms with Gasteiger partial charge < -0.3 is 10.6 Å². The second-order valence-electron chi connectivity index (χ2n) is 6.72. The highest BCUT2D eigenvalue weighted by atomic mass is 35.5. The average molecular weight is 343 g/mol. The Hall–Kier alpha value is -1.13. The highest BCUT2D eigenvalue weighted by Crippen LogP contribution is 2.21. The Morgan fingerprint density at radius 2 is 2.00 bits per heavy atom. The molecule has 1 heterocycles. The zero-order chi connectivity index (χ0) is 16.1. The van der Waals surface area contributed by atoms with Gasteiger partial charge in [0.05, 0.1) is 0 Å². The van der Waals surface area contributed by atoms with Gasteiger partial charge in [-0.05, 0) is 55.7 Å². The number of hydrogen-bond acceptors (Lipinski definition) is 2. The van der Waals surface area contributed by atoms with Crippen LogP contribution in [0.25, 0.3) is 0 Å². The highest BCUT2D eigenvalue weighted by Gasteiger charge is 2.25. The van der Waals surface area contributed by atoms with E-state index in [9.17, 15) is 9.18 Å². The molecule has 0 spiro atoms. The standard InChI is InChI=1S/C18H27FN2O.ClH/c1-13(10-15-4-3-5-17(19)12-15)11-18(22)21-8-6-16(7-9-21)14(2)20;/h3-5,12-14,16H,6-11,20H2,1-2H3;1H. The van der Waals surface area contributed by atoms with E-state index in [1.165, 1.54) is 6.07 Å². The summed E-state index contributed by atoms with van der Waals surface area (Å²) in [4.78, 5) is 14.3. The molecule has 2 N–H and O–H groups in total. The molecule has 3 nitrogen and oxygen atoms in total. The minimum Gasteiger partial charge on any atom is -0.343 e. The molecule has 5 heteroatoms. The molecule has 0 radical (unpaired) electrons. The Bertz CT molecular complexity index is 502. The first-order chi connectivity index (χ1) is 10.5. The summed E-state index contributed by atoms with van der Waals surface area (Å²) < 4.78 is 13.2. The van der Waals surface area contributed by atoms with Crippen molar-refractivity contribution < 1.29 is 9.18 Å². The molecule has 1 aromatic carbocycles. The molecule has 2 rings (SSSR count). The number of likely N-dealkylation sites (tertiary alicyclic amines) is 1. The van der Waals surface area contributed by atoms with Crippen molar-refractivity contribution in [1.29, 1.82) is 0 Å². The quantitative estimate of drug-likeness (QED) is 0.891. The zero-order valence-electron chi connectivity index (χ0n) is 14.0. The van der Waals surface area contributed by atoms with Crippen molar-refractivity contribution in [3.8, 4) is 0 Å². The van der Waals surface area contributed by atoms with Crippen molar-refractivity contribution >= 4 is 18.3 Å². The van der Waals surface area contributed by atoms with Crippen LogP contribution < -0.4 is 5.73 Å². The fourth-order valence-electron chi connectivity index (χ4n) is 3.24. The third kappa shape index (κ3) is 6.11. The number of nitrogens with zero attached hydrogens (tertiary/aromatic N) is 1. The van der Waals surface area contributed by atoms with E-state index < -0.39 is 0 Å². The van der Waals surface area contributed by atoms with Gasteiger partial charge in [-0.25, -0.2) is 4.39 Å². The molecule has 1 saturated heterocycles. The molecular weight excluding hydrogens is 315 g/mol. The molecule has 23 heavy (non-hydrogen) atoms. The van der Waals surface area contributed by atoms with Gasteiger partial charge in [-0.15, -0.1) is 12.4 Å². The summed E-state index contributed by atoms with van der Waals surface area (Å²) in [7, 11) is 0. The van der Waals surface area contributed by atoms with E-state index in [-0.39, 0.29) is 36.1 Å². The number of carbonyl (C=O) groups excluding carboxylic acids is 1. The van der Waals surface area contributed by atoms with Gasteiger partial charge in [-0.2, -0.15) is 0 Å². The summed E-state index contributed by atoms with van der Waals surface area (Å²) in [5, 5.41) is 0. The molecule has 1 aromatic rings. The molecule has 1 aliphatic heterocycles. The van der Waals surface area contributed by atoms with Crippen molar-refractivity contribution in [1.82, 2.24) is 4.90 Å². The predicted octanol–water partition coefficient (Wildman–Crippen LogP) is 3.40. The van der Waals surface area contributed by atoms with Gasteiger partial charge in [-0.1, -0.05) is 19.1 Å². The third-order valence-corrected chi connectivity index (χ3v) is 4.63. The van der Waals surface area contributed by atoms with Crippen LogP contribution in [0.15, 0.2) is 24.3 Å². The largest absolute Gasteiger partial charge is 0.343 e. The first-order valence-electron chi connectivity index (χ1n) is 8.23. The Labute approximate surface area is 144 Å². The van der Waals surface area contributed by atoms with Crippen LogP contribution in [-0.4, -0.2) is 29.9 Å². The van der Waals surface area contributed by atoms with Crippen molar-refractivity contribution in [2.75, 3.05) is 13.1 Å². The van der Waals surface area contributed by atoms with Crippen LogP contribution >= 0.6 is 12.4 Å². The molecular formula is C18H28ClFN2O. The van der Waals surface area contributed by atoms with E-state index in [1.807, 2.05) is 17.9 Å². The maximum absolute atomic E-state index is 13.2. The first kappa shape index (κ1) is 19.9. The molecule has 0 saturated carbocycles. The van der Waals surface area contributed by atoms with Crippen LogP contribution in [-0.2, 0) is 11.2 Å². The molecule has 0 bridgehead atoms. The number of rotatable bonds is 5. The first-order valence-corrected chi connectivity index (χ1v) is 8.23. The summed E-state index contributed by atoms with van der Waals surface area (Å²) in [6, 6.07) is 6.84. The molecule has 1 fully saturated rings. The van der Waals surface area contributed by atoms with E-state index >= 15 is 0 Å². The van der Waals surface area contributed by atoms with Gasteiger partial charge in [-0.3, -0.25) is 4.79 Å². The van der Waals surface area contributed by atoms with E-state index in [2.05, 4.69) is 6.92 Å². The lowest BCUT2D eigenvalue weighted by atomic mass is 9.90. The van der Waals surface area contributed by atoms with Crippen LogP contribution in [0.2, 0.25) is 0 Å². The Kier molecular flexibility index (Phi) is 8.00. The minimum atomic E-state index is -0.214. The fourth-order valence-corrected chi connectivity index (χ4v) is 3.24. The lowest BCUT2D eigenvalue weighted by molar-refractivity contribution is -0.133. The van der Waals surface area contributed by atoms with Crippen molar-refractivity contribution in [3.63, 3.8) is 0 Å². The molecule has 2 unspecified atom stereocenters. The minimum absolute atomic E-state index is 0. The molecule has 1 amide bonds. The van der Waals surface area contributed by atoms with E-state index in [4.69, 9.17) is 5.73 Å². The van der Waals surface area contributed by atoms with Crippen LogP contribution in [0.1, 0.15) is 38.7 Å². The summed E-state index contributed by atoms with van der Waals surface area (Å²) >= 11 is 0. The van der Waals surface area contributed by atoms with Crippen LogP contribution in [0.4, 0.5) is 4.39 Å². The highest BCUT2D eigenvalue weighted by molar-refractivity contribution is 5.85. The van der Waals surface area contributed by atoms with Crippen LogP contribution in [0, 0.1) is 17.7 Å². The zero-order valence-corrected chi connectivity index (χ0v) is 14.8. The predicted molar refractivity (Wildman–Crippen MR) is 94.1 cm³/mol. The summed E-state index contributed by atoms with van der Waals surface area (Å²) in [6.45, 7) is 5.73. The lowest BCUT2D eigenvalue weighted by Crippen LogP contribution is -2.43. The summed E-state index contributed by atoms with van der Waals surface area (Å²) in [5.74, 6) is 0.759. The van der Waals surface area contributed by atoms with Gasteiger partial charge in [0.2, 0.25) is 5.91 Å². The van der Waals surface area contributed by atoms with E-state index in [1.54, 1.807) is 12.1 Å². The van der Waals surface area contributed by atoms with E-state index in [0.29, 0.717) is 12.3 Å². The topological polar surface area (TPSA) is 46.3 Å². The normalized spacial score (nSPS) is 18.2. The van der Waals surface area contributed by atoms with Crippen LogP contribution in [0.3, 0.4) is 0 Å². The number of benzene rings is 1. The number of carbonyl (C=O) groups is 1. The van der Waals surface area contributed by atoms with Gasteiger partial charge >= 0.3 is 0 Å². The Morgan fingerprint density at radius 1 is 1.35 bits per heavy atom. The number of amides is 1. The molecule has 0 aliphatic carbocycles. The smallest absolute Gasteiger partial charge is 0.222 e. The van der Waals surface area contributed by atoms with Crippen molar-refractivity contribution in [3.05, 3.63) is 35.6 Å². The van der Waals surface area contributed by atoms with Crippen LogP contribution in [0.5, 0.6) is 0 Å². The maximum atomic E-state index is 13.2. The fraction of sp³-hybridized carbons (Fsp3) is 0.611. The number of nitrogens with two attached hydrogens (primary N) is 1. The SMILES string of the molecule is CC(CC(=O)N1CCC(C(C)N)CC1)Cc1cccc(F)c1.Cl. The monoisotopic (exact) mass is 342 g/mol. The Morgan fingerprint density at radius 3 is 2.57 bits per heavy atom. The molecule has 0 aromatic heterocycles. The summed E-state index contributed by atoms with van der Waals surface area (Å²) in [5.41, 5.74) is 6.89. The lowest BCUT2D eigenvalue weighted by Gasteiger charge is -2.34. The van der Waals surface area contributed by atoms with Crippen molar-refractivity contribution in [2.24, 2.45) is 17.6 Å². The number of halogens is 2. The van der Waals surface area contributed by atoms with Gasteiger partial charge in [0, 0.05) is 25.6 Å². The maximum Gasteiger partial charge on any atom is 0.222 e. The number of hydrogen-bond donors (Lipinski definition) is 1. The molecule has 2 atom stereocenters. The number of piperidine rings is 1. The van der Waals surface area contributed by atoms with Crippen molar-refractivity contribution in [2.45, 2.75) is 45.6 Å². The second kappa shape index (κ2) is 9.24. The Balaban J connectivity index is 0.00000264. The second-order valence-corrected chi connectivity index (χ2v) is 6.72. The van der Waals surface area contributed by atoms with Gasteiger partial charge in [0.15, 0.2) is 0 Å². The molecule has 130 valence electrons. The van der Waals surface area contributed by atoms with E-state index in [0.717, 1.165) is 37.9 Å². The average Bonchev–Trinajstić information content (AvgIpc) is 2.47. The van der Waals surface area contributed by atoms with Gasteiger partial charge in [0.1, 0.15) is 5.82 Å². The molecule has 1 aliphatic rings. The van der Waals surface area contributed by atoms with Gasteiger partial charge in [0.25, 0.3) is 0 Å². The summed E-state index contributed by atoms with van der Waals surface area (Å²) in [6.07, 6.45) is 3.27. The third-order valence-electron chi connectivity index (χ3n) is 4.63.